The summed E-state index contributed by atoms with van der Waals surface area (Å²) in [6.07, 6.45) is 7.98. The molecule has 0 aromatic carbocycles. The van der Waals surface area contributed by atoms with Gasteiger partial charge in [-0.1, -0.05) is 51.9 Å². The van der Waals surface area contributed by atoms with Gasteiger partial charge in [-0.25, -0.2) is 8.42 Å². The molecule has 0 rings (SSSR count). The molecule has 0 aliphatic carbocycles. The molecular weight excluding hydrogens is 287 g/mol. The second kappa shape index (κ2) is 13.5. The first-order valence-electron chi connectivity index (χ1n) is 7.50. The van der Waals surface area contributed by atoms with E-state index in [-0.39, 0.29) is 35.7 Å². The molecule has 0 aromatic heterocycles. The molecule has 116 valence electrons. The molecule has 0 aromatic rings. The summed E-state index contributed by atoms with van der Waals surface area (Å²) in [5.74, 6) is 0. The van der Waals surface area contributed by atoms with Crippen LogP contribution in [0, 0.1) is 0 Å². The molecule has 0 aliphatic heterocycles. The quantitative estimate of drug-likeness (QED) is 0.317. The number of rotatable bonds is 12. The molecule has 20 heavy (non-hydrogen) atoms. The van der Waals surface area contributed by atoms with Gasteiger partial charge in [0.05, 0.1) is 16.2 Å². The van der Waals surface area contributed by atoms with Crippen molar-refractivity contribution in [3.63, 3.8) is 0 Å². The molecule has 4 nitrogen and oxygen atoms in total. The Morgan fingerprint density at radius 1 is 0.950 bits per heavy atom. The SMILES string of the molecule is CCCCCCC(CCCCCC(C)O)S(=O)(=O)[O-].[Na+]. The van der Waals surface area contributed by atoms with Crippen LogP contribution < -0.4 is 29.6 Å². The van der Waals surface area contributed by atoms with Crippen molar-refractivity contribution in [2.45, 2.75) is 89.4 Å². The minimum Gasteiger partial charge on any atom is -0.748 e. The maximum Gasteiger partial charge on any atom is 1.00 e. The second-order valence-corrected chi connectivity index (χ2v) is 7.10. The second-order valence-electron chi connectivity index (χ2n) is 5.45. The predicted molar refractivity (Wildman–Crippen MR) is 77.0 cm³/mol. The third-order valence-corrected chi connectivity index (χ3v) is 4.72. The normalized spacial score (nSPS) is 14.6. The van der Waals surface area contributed by atoms with E-state index in [2.05, 4.69) is 6.92 Å². The first kappa shape index (κ1) is 23.1. The summed E-state index contributed by atoms with van der Waals surface area (Å²) in [5, 5.41) is 8.40. The maximum atomic E-state index is 11.2. The van der Waals surface area contributed by atoms with Gasteiger partial charge in [0, 0.05) is 5.25 Å². The summed E-state index contributed by atoms with van der Waals surface area (Å²) < 4.78 is 33.5. The van der Waals surface area contributed by atoms with Gasteiger partial charge in [0.15, 0.2) is 0 Å². The van der Waals surface area contributed by atoms with Gasteiger partial charge in [0.2, 0.25) is 0 Å². The Bertz CT molecular complexity index is 304. The third-order valence-electron chi connectivity index (χ3n) is 3.44. The Morgan fingerprint density at radius 2 is 1.40 bits per heavy atom. The van der Waals surface area contributed by atoms with E-state index >= 15 is 0 Å². The van der Waals surface area contributed by atoms with Crippen molar-refractivity contribution in [3.8, 4) is 0 Å². The van der Waals surface area contributed by atoms with Crippen molar-refractivity contribution in [2.75, 3.05) is 0 Å². The number of aliphatic hydroxyl groups is 1. The van der Waals surface area contributed by atoms with Gasteiger partial charge in [0.1, 0.15) is 0 Å². The van der Waals surface area contributed by atoms with Crippen molar-refractivity contribution in [3.05, 3.63) is 0 Å². The first-order chi connectivity index (χ1) is 8.88. The molecule has 0 saturated heterocycles. The van der Waals surface area contributed by atoms with Gasteiger partial charge in [-0.05, 0) is 26.2 Å². The van der Waals surface area contributed by atoms with E-state index in [0.29, 0.717) is 12.8 Å². The van der Waals surface area contributed by atoms with Gasteiger partial charge in [-0.3, -0.25) is 0 Å². The fourth-order valence-corrected chi connectivity index (χ4v) is 3.13. The van der Waals surface area contributed by atoms with Crippen LogP contribution in [0.2, 0.25) is 0 Å². The fourth-order valence-electron chi connectivity index (χ4n) is 2.22. The topological polar surface area (TPSA) is 77.4 Å². The first-order valence-corrected chi connectivity index (χ1v) is 8.97. The predicted octanol–water partition coefficient (Wildman–Crippen LogP) is 0.206. The van der Waals surface area contributed by atoms with Crippen LogP contribution in [0.1, 0.15) is 78.1 Å². The van der Waals surface area contributed by atoms with Gasteiger partial charge < -0.3 is 9.66 Å². The number of hydrogen-bond acceptors (Lipinski definition) is 4. The molecule has 0 saturated carbocycles. The van der Waals surface area contributed by atoms with Crippen LogP contribution in [0.4, 0.5) is 0 Å². The smallest absolute Gasteiger partial charge is 0.748 e. The molecule has 0 fully saturated rings. The third kappa shape index (κ3) is 13.8. The molecule has 1 N–H and O–H groups in total. The van der Waals surface area contributed by atoms with E-state index in [1.54, 1.807) is 6.92 Å². The van der Waals surface area contributed by atoms with Crippen LogP contribution in [0.15, 0.2) is 0 Å². The standard InChI is InChI=1S/C14H30O4S.Na/c1-3-4-5-8-11-14(19(16,17)18)12-9-6-7-10-13(2)15;/h13-15H,3-12H2,1-2H3,(H,16,17,18);/q;+1/p-1. The van der Waals surface area contributed by atoms with Crippen molar-refractivity contribution in [1.29, 1.82) is 0 Å². The van der Waals surface area contributed by atoms with Gasteiger partial charge in [-0.2, -0.15) is 0 Å². The van der Waals surface area contributed by atoms with Gasteiger partial charge >= 0.3 is 29.6 Å². The van der Waals surface area contributed by atoms with Crippen molar-refractivity contribution in [2.24, 2.45) is 0 Å². The summed E-state index contributed by atoms with van der Waals surface area (Å²) in [5.41, 5.74) is 0. The minimum absolute atomic E-state index is 0. The number of hydrogen-bond donors (Lipinski definition) is 1. The minimum atomic E-state index is -4.15. The zero-order chi connectivity index (χ0) is 14.7. The molecule has 0 radical (unpaired) electrons. The van der Waals surface area contributed by atoms with Crippen LogP contribution in [0.5, 0.6) is 0 Å². The molecule has 0 amide bonds. The maximum absolute atomic E-state index is 11.2. The molecule has 2 atom stereocenters. The Labute approximate surface area is 146 Å². The zero-order valence-electron chi connectivity index (χ0n) is 13.3. The van der Waals surface area contributed by atoms with Crippen LogP contribution >= 0.6 is 0 Å². The average Bonchev–Trinajstić information content (AvgIpc) is 2.29. The number of aliphatic hydroxyl groups excluding tert-OH is 1. The molecule has 0 bridgehead atoms. The Hall–Kier alpha value is 0.870. The Kier molecular flexibility index (Phi) is 15.7. The molecular formula is C14H29NaO4S. The van der Waals surface area contributed by atoms with Gasteiger partial charge in [0.25, 0.3) is 0 Å². The molecule has 0 spiro atoms. The summed E-state index contributed by atoms with van der Waals surface area (Å²) in [6.45, 7) is 3.85. The largest absolute Gasteiger partial charge is 1.00 e. The summed E-state index contributed by atoms with van der Waals surface area (Å²) in [4.78, 5) is 0. The van der Waals surface area contributed by atoms with Crippen LogP contribution in [-0.2, 0) is 10.1 Å². The monoisotopic (exact) mass is 316 g/mol. The van der Waals surface area contributed by atoms with Gasteiger partial charge in [-0.15, -0.1) is 0 Å². The fraction of sp³-hybridized carbons (Fsp3) is 1.00. The van der Waals surface area contributed by atoms with E-state index in [1.165, 1.54) is 0 Å². The Morgan fingerprint density at radius 3 is 1.80 bits per heavy atom. The zero-order valence-corrected chi connectivity index (χ0v) is 16.1. The Balaban J connectivity index is 0. The average molecular weight is 316 g/mol. The van der Waals surface area contributed by atoms with Crippen LogP contribution in [0.3, 0.4) is 0 Å². The van der Waals surface area contributed by atoms with E-state index in [1.807, 2.05) is 0 Å². The van der Waals surface area contributed by atoms with Crippen molar-refractivity contribution in [1.82, 2.24) is 0 Å². The summed E-state index contributed by atoms with van der Waals surface area (Å²) >= 11 is 0. The van der Waals surface area contributed by atoms with E-state index in [4.69, 9.17) is 5.11 Å². The number of unbranched alkanes of at least 4 members (excludes halogenated alkanes) is 5. The van der Waals surface area contributed by atoms with Crippen LogP contribution in [-0.4, -0.2) is 29.4 Å². The summed E-state index contributed by atoms with van der Waals surface area (Å²) in [6, 6.07) is 0. The van der Waals surface area contributed by atoms with E-state index in [0.717, 1.165) is 51.4 Å². The van der Waals surface area contributed by atoms with Crippen molar-refractivity contribution >= 4 is 10.1 Å². The van der Waals surface area contributed by atoms with E-state index in [9.17, 15) is 13.0 Å². The summed E-state index contributed by atoms with van der Waals surface area (Å²) in [7, 11) is -4.15. The molecule has 6 heteroatoms. The molecule has 2 unspecified atom stereocenters. The van der Waals surface area contributed by atoms with Crippen LogP contribution in [0.25, 0.3) is 0 Å². The van der Waals surface area contributed by atoms with Crippen molar-refractivity contribution < 1.29 is 47.6 Å². The van der Waals surface area contributed by atoms with E-state index < -0.39 is 15.4 Å². The molecule has 0 heterocycles. The molecule has 0 aliphatic rings.